The second-order valence-electron chi connectivity index (χ2n) is 3.74. The molecule has 0 atom stereocenters. The lowest BCUT2D eigenvalue weighted by Crippen LogP contribution is -1.94. The second-order valence-corrected chi connectivity index (χ2v) is 4.59. The van der Waals surface area contributed by atoms with Crippen LogP contribution in [0.2, 0.25) is 0 Å². The Bertz CT molecular complexity index is 720. The summed E-state index contributed by atoms with van der Waals surface area (Å²) in [5, 5.41) is 11.5. The van der Waals surface area contributed by atoms with E-state index in [1.807, 2.05) is 5.38 Å². The van der Waals surface area contributed by atoms with Gasteiger partial charge in [0.2, 0.25) is 0 Å². The number of aromatic carboxylic acids is 1. The molecule has 0 unspecified atom stereocenters. The fraction of sp³-hybridized carbons (Fsp3) is 0. The minimum atomic E-state index is -0.990. The van der Waals surface area contributed by atoms with Crippen LogP contribution in [0.5, 0.6) is 0 Å². The van der Waals surface area contributed by atoms with Gasteiger partial charge in [-0.3, -0.25) is 9.97 Å². The van der Waals surface area contributed by atoms with E-state index in [-0.39, 0.29) is 5.69 Å². The number of carboxylic acids is 1. The lowest BCUT2D eigenvalue weighted by Gasteiger charge is -1.92. The molecule has 0 saturated carbocycles. The third-order valence-electron chi connectivity index (χ3n) is 2.50. The molecule has 0 radical (unpaired) electrons. The van der Waals surface area contributed by atoms with Crippen LogP contribution in [0, 0.1) is 0 Å². The van der Waals surface area contributed by atoms with E-state index < -0.39 is 5.97 Å². The van der Waals surface area contributed by atoms with Gasteiger partial charge in [0, 0.05) is 29.5 Å². The van der Waals surface area contributed by atoms with Gasteiger partial charge in [-0.2, -0.15) is 0 Å². The monoisotopic (exact) mass is 272 g/mol. The number of thiazole rings is 1. The summed E-state index contributed by atoms with van der Waals surface area (Å²) in [5.41, 5.74) is 2.30. The van der Waals surface area contributed by atoms with Crippen LogP contribution in [0.3, 0.4) is 0 Å². The molecule has 0 aliphatic rings. The van der Waals surface area contributed by atoms with Crippen LogP contribution in [-0.4, -0.2) is 31.0 Å². The molecule has 0 aliphatic carbocycles. The van der Waals surface area contributed by atoms with Crippen molar-refractivity contribution in [3.8, 4) is 22.0 Å². The highest BCUT2D eigenvalue weighted by molar-refractivity contribution is 7.13. The number of aromatic nitrogens is 4. The van der Waals surface area contributed by atoms with Crippen LogP contribution in [0.25, 0.3) is 22.0 Å². The molecule has 0 amide bonds. The van der Waals surface area contributed by atoms with Crippen molar-refractivity contribution in [1.82, 2.24) is 19.9 Å². The third-order valence-corrected chi connectivity index (χ3v) is 3.36. The van der Waals surface area contributed by atoms with Gasteiger partial charge in [-0.1, -0.05) is 0 Å². The largest absolute Gasteiger partial charge is 0.477 e. The smallest absolute Gasteiger partial charge is 0.352 e. The van der Waals surface area contributed by atoms with Crippen LogP contribution in [0.15, 0.2) is 36.2 Å². The topological polar surface area (TPSA) is 91.8 Å². The summed E-state index contributed by atoms with van der Waals surface area (Å²) in [4.78, 5) is 26.1. The molecular formula is C12H8N4O2S. The Kier molecular flexibility index (Phi) is 2.81. The number of rotatable bonds is 3. The van der Waals surface area contributed by atoms with Crippen molar-refractivity contribution in [3.63, 3.8) is 0 Å². The number of hydrogen-bond donors (Lipinski definition) is 2. The molecule has 2 N–H and O–H groups in total. The Balaban J connectivity index is 1.94. The normalized spacial score (nSPS) is 10.5. The summed E-state index contributed by atoms with van der Waals surface area (Å²) in [6.45, 7) is 0. The molecule has 0 saturated heterocycles. The summed E-state index contributed by atoms with van der Waals surface area (Å²) in [5.74, 6) is -0.990. The van der Waals surface area contributed by atoms with Crippen LogP contribution < -0.4 is 0 Å². The average Bonchev–Trinajstić information content (AvgIpc) is 3.09. The first-order valence-electron chi connectivity index (χ1n) is 5.38. The number of nitrogens with one attached hydrogen (secondary N) is 1. The summed E-state index contributed by atoms with van der Waals surface area (Å²) in [7, 11) is 0. The standard InChI is InChI=1S/C12H8N4O2S/c17-12(18)8-3-7(4-15-8)10-6-19-11(16-10)9-5-13-1-2-14-9/h1-6,15H,(H,17,18). The van der Waals surface area contributed by atoms with Gasteiger partial charge in [0.15, 0.2) is 0 Å². The highest BCUT2D eigenvalue weighted by Gasteiger charge is 2.11. The molecule has 3 aromatic heterocycles. The molecule has 3 rings (SSSR count). The molecular weight excluding hydrogens is 264 g/mol. The van der Waals surface area contributed by atoms with Gasteiger partial charge in [0.05, 0.1) is 11.9 Å². The van der Waals surface area contributed by atoms with Gasteiger partial charge in [0.25, 0.3) is 0 Å². The summed E-state index contributed by atoms with van der Waals surface area (Å²) in [6.07, 6.45) is 6.47. The quantitative estimate of drug-likeness (QED) is 0.763. The lowest BCUT2D eigenvalue weighted by atomic mass is 10.2. The summed E-state index contributed by atoms with van der Waals surface area (Å²) >= 11 is 1.44. The Morgan fingerprint density at radius 3 is 2.89 bits per heavy atom. The molecule has 19 heavy (non-hydrogen) atoms. The first-order chi connectivity index (χ1) is 9.24. The Morgan fingerprint density at radius 1 is 1.32 bits per heavy atom. The van der Waals surface area contributed by atoms with Crippen molar-refractivity contribution >= 4 is 17.3 Å². The number of hydrogen-bond acceptors (Lipinski definition) is 5. The van der Waals surface area contributed by atoms with Crippen molar-refractivity contribution in [2.45, 2.75) is 0 Å². The Labute approximate surface area is 111 Å². The molecule has 0 spiro atoms. The molecule has 3 heterocycles. The predicted molar refractivity (Wildman–Crippen MR) is 69.9 cm³/mol. The van der Waals surface area contributed by atoms with Crippen LogP contribution in [0.4, 0.5) is 0 Å². The van der Waals surface area contributed by atoms with Gasteiger partial charge < -0.3 is 10.1 Å². The molecule has 0 bridgehead atoms. The highest BCUT2D eigenvalue weighted by Crippen LogP contribution is 2.27. The van der Waals surface area contributed by atoms with Gasteiger partial charge in [-0.25, -0.2) is 9.78 Å². The first-order valence-corrected chi connectivity index (χ1v) is 6.26. The van der Waals surface area contributed by atoms with Gasteiger partial charge in [-0.05, 0) is 6.07 Å². The van der Waals surface area contributed by atoms with E-state index in [0.29, 0.717) is 5.69 Å². The number of carboxylic acid groups (broad SMARTS) is 1. The minimum Gasteiger partial charge on any atom is -0.477 e. The molecule has 7 heteroatoms. The third kappa shape index (κ3) is 2.23. The minimum absolute atomic E-state index is 0.143. The van der Waals surface area contributed by atoms with E-state index in [1.54, 1.807) is 30.9 Å². The lowest BCUT2D eigenvalue weighted by molar-refractivity contribution is 0.0691. The molecule has 0 aromatic carbocycles. The number of nitrogens with zero attached hydrogens (tertiary/aromatic N) is 3. The van der Waals surface area contributed by atoms with Crippen molar-refractivity contribution in [1.29, 1.82) is 0 Å². The van der Waals surface area contributed by atoms with Crippen molar-refractivity contribution in [3.05, 3.63) is 41.9 Å². The van der Waals surface area contributed by atoms with Crippen LogP contribution in [0.1, 0.15) is 10.5 Å². The van der Waals surface area contributed by atoms with Crippen LogP contribution in [-0.2, 0) is 0 Å². The van der Waals surface area contributed by atoms with Gasteiger partial charge in [-0.15, -0.1) is 11.3 Å². The zero-order valence-electron chi connectivity index (χ0n) is 9.57. The maximum absolute atomic E-state index is 10.8. The fourth-order valence-corrected chi connectivity index (χ4v) is 2.39. The maximum atomic E-state index is 10.8. The van der Waals surface area contributed by atoms with E-state index in [4.69, 9.17) is 5.11 Å². The van der Waals surface area contributed by atoms with Crippen molar-refractivity contribution in [2.75, 3.05) is 0 Å². The Hall–Kier alpha value is -2.54. The molecule has 3 aromatic rings. The SMILES string of the molecule is O=C(O)c1cc(-c2csc(-c3cnccn3)n2)c[nH]1. The van der Waals surface area contributed by atoms with Crippen molar-refractivity contribution in [2.24, 2.45) is 0 Å². The summed E-state index contributed by atoms with van der Waals surface area (Å²) < 4.78 is 0. The number of carbonyl (C=O) groups is 1. The predicted octanol–water partition coefficient (Wildman–Crippen LogP) is 2.29. The fourth-order valence-electron chi connectivity index (χ4n) is 1.60. The van der Waals surface area contributed by atoms with Gasteiger partial charge in [0.1, 0.15) is 16.4 Å². The molecule has 94 valence electrons. The molecule has 6 nitrogen and oxygen atoms in total. The van der Waals surface area contributed by atoms with Crippen molar-refractivity contribution < 1.29 is 9.90 Å². The van der Waals surface area contributed by atoms with E-state index >= 15 is 0 Å². The van der Waals surface area contributed by atoms with E-state index in [2.05, 4.69) is 19.9 Å². The first kappa shape index (κ1) is 11.5. The number of H-pyrrole nitrogens is 1. The van der Waals surface area contributed by atoms with E-state index in [1.165, 1.54) is 11.3 Å². The maximum Gasteiger partial charge on any atom is 0.352 e. The van der Waals surface area contributed by atoms with E-state index in [9.17, 15) is 4.79 Å². The van der Waals surface area contributed by atoms with Crippen LogP contribution >= 0.6 is 11.3 Å². The Morgan fingerprint density at radius 2 is 2.21 bits per heavy atom. The van der Waals surface area contributed by atoms with Gasteiger partial charge >= 0.3 is 5.97 Å². The molecule has 0 fully saturated rings. The highest BCUT2D eigenvalue weighted by atomic mass is 32.1. The molecule has 0 aliphatic heterocycles. The zero-order chi connectivity index (χ0) is 13.2. The zero-order valence-corrected chi connectivity index (χ0v) is 10.4. The second kappa shape index (κ2) is 4.62. The average molecular weight is 272 g/mol. The number of aromatic amines is 1. The van der Waals surface area contributed by atoms with E-state index in [0.717, 1.165) is 16.3 Å². The summed E-state index contributed by atoms with van der Waals surface area (Å²) in [6, 6.07) is 1.55.